The van der Waals surface area contributed by atoms with E-state index in [1.54, 1.807) is 22.5 Å². The minimum atomic E-state index is -3.53. The molecule has 3 rings (SSSR count). The van der Waals surface area contributed by atoms with Crippen LogP contribution in [0.2, 0.25) is 0 Å². The summed E-state index contributed by atoms with van der Waals surface area (Å²) in [5, 5.41) is 2.96. The molecule has 0 radical (unpaired) electrons. The summed E-state index contributed by atoms with van der Waals surface area (Å²) >= 11 is 0. The lowest BCUT2D eigenvalue weighted by molar-refractivity contribution is 0.0950. The summed E-state index contributed by atoms with van der Waals surface area (Å²) in [4.78, 5) is 15.3. The molecule has 2 fully saturated rings. The second-order valence-corrected chi connectivity index (χ2v) is 9.89. The molecular weight excluding hydrogens is 374 g/mol. The smallest absolute Gasteiger partial charge is 0.251 e. The third-order valence-corrected chi connectivity index (χ3v) is 7.69. The summed E-state index contributed by atoms with van der Waals surface area (Å²) < 4.78 is 27.3. The lowest BCUT2D eigenvalue weighted by atomic mass is 10.1. The predicted octanol–water partition coefficient (Wildman–Crippen LogP) is 2.78. The van der Waals surface area contributed by atoms with Gasteiger partial charge in [-0.05, 0) is 76.4 Å². The summed E-state index contributed by atoms with van der Waals surface area (Å²) in [5.74, 6) is -0.188. The fourth-order valence-corrected chi connectivity index (χ4v) is 5.59. The average Bonchev–Trinajstić information content (AvgIpc) is 2.72. The number of hydrogen-bond donors (Lipinski definition) is 1. The molecule has 0 saturated carbocycles. The summed E-state index contributed by atoms with van der Waals surface area (Å²) in [6, 6.07) is 4.89. The standard InChI is InChI=1S/C21H33N3O3S/c1-18-9-10-19(28(26,27)24-15-6-3-7-16-24)17-20(18)21(25)22-11-8-14-23-12-4-2-5-13-23/h9-10,17H,2-8,11-16H2,1H3,(H,22,25). The number of benzene rings is 1. The Hall–Kier alpha value is -1.44. The van der Waals surface area contributed by atoms with Crippen LogP contribution >= 0.6 is 0 Å². The summed E-state index contributed by atoms with van der Waals surface area (Å²) in [6.07, 6.45) is 7.64. The van der Waals surface area contributed by atoms with E-state index in [9.17, 15) is 13.2 Å². The maximum Gasteiger partial charge on any atom is 0.251 e. The van der Waals surface area contributed by atoms with Crippen LogP contribution in [0.1, 0.15) is 60.9 Å². The maximum absolute atomic E-state index is 12.9. The largest absolute Gasteiger partial charge is 0.352 e. The fraction of sp³-hybridized carbons (Fsp3) is 0.667. The van der Waals surface area contributed by atoms with Gasteiger partial charge >= 0.3 is 0 Å². The lowest BCUT2D eigenvalue weighted by Gasteiger charge is -2.26. The molecule has 2 saturated heterocycles. The third-order valence-electron chi connectivity index (χ3n) is 5.79. The van der Waals surface area contributed by atoms with Crippen LogP contribution in [-0.2, 0) is 10.0 Å². The Bertz CT molecular complexity index is 767. The van der Waals surface area contributed by atoms with Gasteiger partial charge in [-0.15, -0.1) is 0 Å². The van der Waals surface area contributed by atoms with Crippen LogP contribution in [0.3, 0.4) is 0 Å². The molecule has 156 valence electrons. The number of nitrogens with one attached hydrogen (secondary N) is 1. The molecule has 28 heavy (non-hydrogen) atoms. The Morgan fingerprint density at radius 2 is 1.64 bits per heavy atom. The minimum absolute atomic E-state index is 0.188. The van der Waals surface area contributed by atoms with Gasteiger partial charge in [-0.3, -0.25) is 4.79 Å². The van der Waals surface area contributed by atoms with Crippen molar-refractivity contribution in [2.24, 2.45) is 0 Å². The number of rotatable bonds is 7. The zero-order valence-electron chi connectivity index (χ0n) is 17.0. The number of nitrogens with zero attached hydrogens (tertiary/aromatic N) is 2. The van der Waals surface area contributed by atoms with Crippen molar-refractivity contribution in [2.75, 3.05) is 39.3 Å². The zero-order chi connectivity index (χ0) is 20.0. The molecular formula is C21H33N3O3S. The highest BCUT2D eigenvalue weighted by molar-refractivity contribution is 7.89. The van der Waals surface area contributed by atoms with E-state index in [4.69, 9.17) is 0 Å². The van der Waals surface area contributed by atoms with Gasteiger partial charge in [0.25, 0.3) is 5.91 Å². The molecule has 6 nitrogen and oxygen atoms in total. The van der Waals surface area contributed by atoms with Crippen molar-refractivity contribution in [1.29, 1.82) is 0 Å². The van der Waals surface area contributed by atoms with Crippen LogP contribution < -0.4 is 5.32 Å². The van der Waals surface area contributed by atoms with Crippen molar-refractivity contribution in [3.05, 3.63) is 29.3 Å². The number of carbonyl (C=O) groups is 1. The van der Waals surface area contributed by atoms with Crippen molar-refractivity contribution in [2.45, 2.75) is 56.8 Å². The minimum Gasteiger partial charge on any atom is -0.352 e. The highest BCUT2D eigenvalue weighted by Crippen LogP contribution is 2.23. The topological polar surface area (TPSA) is 69.7 Å². The lowest BCUT2D eigenvalue weighted by Crippen LogP contribution is -2.36. The van der Waals surface area contributed by atoms with Gasteiger partial charge in [0.05, 0.1) is 4.90 Å². The number of sulfonamides is 1. The van der Waals surface area contributed by atoms with Crippen LogP contribution in [0, 0.1) is 6.92 Å². The summed E-state index contributed by atoms with van der Waals surface area (Å²) in [5.41, 5.74) is 1.25. The zero-order valence-corrected chi connectivity index (χ0v) is 17.8. The Morgan fingerprint density at radius 3 is 2.32 bits per heavy atom. The third kappa shape index (κ3) is 5.33. The monoisotopic (exact) mass is 407 g/mol. The molecule has 2 heterocycles. The van der Waals surface area contributed by atoms with Gasteiger partial charge < -0.3 is 10.2 Å². The number of aryl methyl sites for hydroxylation is 1. The molecule has 0 unspecified atom stereocenters. The van der Waals surface area contributed by atoms with Crippen LogP contribution in [-0.4, -0.2) is 62.8 Å². The highest BCUT2D eigenvalue weighted by Gasteiger charge is 2.27. The summed E-state index contributed by atoms with van der Waals surface area (Å²) in [7, 11) is -3.53. The molecule has 7 heteroatoms. The number of likely N-dealkylation sites (tertiary alicyclic amines) is 1. The Labute approximate surface area is 169 Å². The average molecular weight is 408 g/mol. The molecule has 2 aliphatic rings. The Balaban J connectivity index is 1.59. The molecule has 1 aromatic carbocycles. The molecule has 0 spiro atoms. The maximum atomic E-state index is 12.9. The summed E-state index contributed by atoms with van der Waals surface area (Å²) in [6.45, 7) is 6.90. The van der Waals surface area contributed by atoms with Gasteiger partial charge in [0.15, 0.2) is 0 Å². The fourth-order valence-electron chi connectivity index (χ4n) is 4.04. The van der Waals surface area contributed by atoms with Crippen LogP contribution in [0.25, 0.3) is 0 Å². The molecule has 0 bridgehead atoms. The van der Waals surface area contributed by atoms with E-state index in [1.807, 2.05) is 6.92 Å². The second kappa shape index (κ2) is 9.85. The van der Waals surface area contributed by atoms with E-state index in [0.29, 0.717) is 25.2 Å². The van der Waals surface area contributed by atoms with E-state index in [0.717, 1.165) is 50.9 Å². The molecule has 1 aromatic rings. The van der Waals surface area contributed by atoms with E-state index in [2.05, 4.69) is 10.2 Å². The molecule has 1 N–H and O–H groups in total. The first-order valence-corrected chi connectivity index (χ1v) is 12.0. The van der Waals surface area contributed by atoms with Crippen molar-refractivity contribution in [3.8, 4) is 0 Å². The highest BCUT2D eigenvalue weighted by atomic mass is 32.2. The normalized spacial score (nSPS) is 19.5. The molecule has 2 aliphatic heterocycles. The van der Waals surface area contributed by atoms with E-state index in [1.165, 1.54) is 19.3 Å². The molecule has 0 atom stereocenters. The number of hydrogen-bond acceptors (Lipinski definition) is 4. The molecule has 0 aliphatic carbocycles. The van der Waals surface area contributed by atoms with Crippen molar-refractivity contribution < 1.29 is 13.2 Å². The van der Waals surface area contributed by atoms with Crippen molar-refractivity contribution >= 4 is 15.9 Å². The number of amides is 1. The SMILES string of the molecule is Cc1ccc(S(=O)(=O)N2CCCCC2)cc1C(=O)NCCCN1CCCCC1. The first-order valence-electron chi connectivity index (χ1n) is 10.6. The number of piperidine rings is 2. The first-order chi connectivity index (χ1) is 13.5. The predicted molar refractivity (Wildman–Crippen MR) is 111 cm³/mol. The quantitative estimate of drug-likeness (QED) is 0.706. The van der Waals surface area contributed by atoms with Crippen molar-refractivity contribution in [1.82, 2.24) is 14.5 Å². The number of carbonyl (C=O) groups excluding carboxylic acids is 1. The van der Waals surface area contributed by atoms with Gasteiger partial charge in [0, 0.05) is 25.2 Å². The molecule has 1 amide bonds. The van der Waals surface area contributed by atoms with Crippen LogP contribution in [0.4, 0.5) is 0 Å². The van der Waals surface area contributed by atoms with E-state index >= 15 is 0 Å². The Morgan fingerprint density at radius 1 is 1.00 bits per heavy atom. The van der Waals surface area contributed by atoms with Gasteiger partial charge in [-0.1, -0.05) is 18.9 Å². The van der Waals surface area contributed by atoms with E-state index < -0.39 is 10.0 Å². The van der Waals surface area contributed by atoms with Crippen LogP contribution in [0.5, 0.6) is 0 Å². The van der Waals surface area contributed by atoms with E-state index in [-0.39, 0.29) is 10.8 Å². The van der Waals surface area contributed by atoms with Crippen molar-refractivity contribution in [3.63, 3.8) is 0 Å². The van der Waals surface area contributed by atoms with Gasteiger partial charge in [-0.2, -0.15) is 4.31 Å². The van der Waals surface area contributed by atoms with Gasteiger partial charge in [0.2, 0.25) is 10.0 Å². The Kier molecular flexibility index (Phi) is 7.48. The first kappa shape index (κ1) is 21.3. The van der Waals surface area contributed by atoms with Crippen LogP contribution in [0.15, 0.2) is 23.1 Å². The van der Waals surface area contributed by atoms with Gasteiger partial charge in [0.1, 0.15) is 0 Å². The molecule has 0 aromatic heterocycles. The second-order valence-electron chi connectivity index (χ2n) is 7.95. The van der Waals surface area contributed by atoms with Gasteiger partial charge in [-0.25, -0.2) is 8.42 Å².